The maximum absolute atomic E-state index is 11.8. The van der Waals surface area contributed by atoms with Crippen LogP contribution in [0.3, 0.4) is 0 Å². The highest BCUT2D eigenvalue weighted by Gasteiger charge is 2.20. The van der Waals surface area contributed by atoms with Gasteiger partial charge in [0.15, 0.2) is 5.78 Å². The van der Waals surface area contributed by atoms with Gasteiger partial charge in [0, 0.05) is 29.6 Å². The second kappa shape index (κ2) is 4.45. The molecule has 2 heteroatoms. The number of carbonyl (C=O) groups is 1. The molecule has 92 valence electrons. The van der Waals surface area contributed by atoms with Gasteiger partial charge in [-0.25, -0.2) is 0 Å². The Morgan fingerprint density at radius 2 is 2.11 bits per heavy atom. The van der Waals surface area contributed by atoms with Gasteiger partial charge >= 0.3 is 0 Å². The third-order valence-corrected chi connectivity index (χ3v) is 3.71. The zero-order chi connectivity index (χ0) is 12.5. The third kappa shape index (κ3) is 1.78. The van der Waals surface area contributed by atoms with Gasteiger partial charge in [-0.3, -0.25) is 4.79 Å². The molecule has 0 atom stereocenters. The Hall–Kier alpha value is -1.83. The fourth-order valence-corrected chi connectivity index (χ4v) is 2.69. The number of Topliss-reactive ketones (excluding diaryl/α,β-unsaturated/α-hetero) is 1. The summed E-state index contributed by atoms with van der Waals surface area (Å²) in [6.45, 7) is 2.16. The first kappa shape index (κ1) is 11.3. The van der Waals surface area contributed by atoms with Gasteiger partial charge in [-0.2, -0.15) is 0 Å². The average Bonchev–Trinajstić information content (AvgIpc) is 2.84. The van der Waals surface area contributed by atoms with E-state index in [0.717, 1.165) is 24.8 Å². The lowest BCUT2D eigenvalue weighted by Crippen LogP contribution is -2.12. The van der Waals surface area contributed by atoms with Gasteiger partial charge in [0.25, 0.3) is 0 Å². The van der Waals surface area contributed by atoms with Gasteiger partial charge in [0.2, 0.25) is 0 Å². The lowest BCUT2D eigenvalue weighted by Gasteiger charge is -2.15. The standard InChI is InChI=1S/C16H17NO/c1-2-12-5-3-6-13(11-12)17-10-9-14-15(17)7-4-8-16(14)18/h3,5-6,9-11H,2,4,7-8H2,1H3. The van der Waals surface area contributed by atoms with Crippen molar-refractivity contribution in [1.82, 2.24) is 4.57 Å². The molecule has 1 aromatic carbocycles. The first-order valence-corrected chi connectivity index (χ1v) is 6.62. The average molecular weight is 239 g/mol. The van der Waals surface area contributed by atoms with E-state index in [2.05, 4.69) is 35.8 Å². The Balaban J connectivity index is 2.09. The quantitative estimate of drug-likeness (QED) is 0.785. The van der Waals surface area contributed by atoms with E-state index in [0.29, 0.717) is 12.2 Å². The van der Waals surface area contributed by atoms with Crippen molar-refractivity contribution in [3.63, 3.8) is 0 Å². The Labute approximate surface area is 107 Å². The molecule has 2 nitrogen and oxygen atoms in total. The van der Waals surface area contributed by atoms with Gasteiger partial charge in [-0.05, 0) is 43.0 Å². The normalized spacial score (nSPS) is 14.6. The summed E-state index contributed by atoms with van der Waals surface area (Å²) < 4.78 is 2.17. The summed E-state index contributed by atoms with van der Waals surface area (Å²) in [6.07, 6.45) is 5.75. The van der Waals surface area contributed by atoms with Crippen LogP contribution in [0.4, 0.5) is 0 Å². The highest BCUT2D eigenvalue weighted by Crippen LogP contribution is 2.25. The minimum Gasteiger partial charge on any atom is -0.320 e. The van der Waals surface area contributed by atoms with Crippen molar-refractivity contribution >= 4 is 5.78 Å². The molecular formula is C16H17NO. The highest BCUT2D eigenvalue weighted by atomic mass is 16.1. The van der Waals surface area contributed by atoms with Crippen LogP contribution >= 0.6 is 0 Å². The molecule has 2 aromatic rings. The van der Waals surface area contributed by atoms with Crippen LogP contribution in [0.2, 0.25) is 0 Å². The molecule has 1 aliphatic rings. The second-order valence-corrected chi connectivity index (χ2v) is 4.85. The number of hydrogen-bond acceptors (Lipinski definition) is 1. The summed E-state index contributed by atoms with van der Waals surface area (Å²) in [5.41, 5.74) is 4.60. The summed E-state index contributed by atoms with van der Waals surface area (Å²) >= 11 is 0. The molecule has 0 aliphatic heterocycles. The second-order valence-electron chi connectivity index (χ2n) is 4.85. The van der Waals surface area contributed by atoms with Crippen LogP contribution in [0.1, 0.15) is 41.4 Å². The molecule has 0 spiro atoms. The largest absolute Gasteiger partial charge is 0.320 e. The summed E-state index contributed by atoms with van der Waals surface area (Å²) in [7, 11) is 0. The number of carbonyl (C=O) groups excluding carboxylic acids is 1. The predicted molar refractivity (Wildman–Crippen MR) is 72.4 cm³/mol. The predicted octanol–water partition coefficient (Wildman–Crippen LogP) is 3.56. The molecule has 0 bridgehead atoms. The minimum atomic E-state index is 0.293. The Morgan fingerprint density at radius 3 is 2.94 bits per heavy atom. The molecule has 0 saturated heterocycles. The molecule has 0 saturated carbocycles. The first-order valence-electron chi connectivity index (χ1n) is 6.62. The van der Waals surface area contributed by atoms with E-state index in [9.17, 15) is 4.79 Å². The van der Waals surface area contributed by atoms with Crippen molar-refractivity contribution in [2.75, 3.05) is 0 Å². The number of aryl methyl sites for hydroxylation is 1. The molecule has 3 rings (SSSR count). The number of rotatable bonds is 2. The Bertz CT molecular complexity index is 595. The van der Waals surface area contributed by atoms with E-state index in [1.54, 1.807) is 0 Å². The molecular weight excluding hydrogens is 222 g/mol. The molecule has 1 heterocycles. The zero-order valence-corrected chi connectivity index (χ0v) is 10.6. The van der Waals surface area contributed by atoms with Gasteiger partial charge in [-0.1, -0.05) is 19.1 Å². The number of nitrogens with zero attached hydrogens (tertiary/aromatic N) is 1. The van der Waals surface area contributed by atoms with E-state index >= 15 is 0 Å². The van der Waals surface area contributed by atoms with E-state index in [4.69, 9.17) is 0 Å². The van der Waals surface area contributed by atoms with Crippen molar-refractivity contribution in [2.45, 2.75) is 32.6 Å². The Kier molecular flexibility index (Phi) is 2.78. The summed E-state index contributed by atoms with van der Waals surface area (Å²) in [5, 5.41) is 0. The molecule has 1 aromatic heterocycles. The van der Waals surface area contributed by atoms with Crippen molar-refractivity contribution in [3.05, 3.63) is 53.3 Å². The maximum atomic E-state index is 11.8. The number of fused-ring (bicyclic) bond motifs is 1. The molecule has 0 N–H and O–H groups in total. The fourth-order valence-electron chi connectivity index (χ4n) is 2.69. The lowest BCUT2D eigenvalue weighted by atomic mass is 9.96. The maximum Gasteiger partial charge on any atom is 0.164 e. The van der Waals surface area contributed by atoms with Crippen molar-refractivity contribution in [2.24, 2.45) is 0 Å². The third-order valence-electron chi connectivity index (χ3n) is 3.71. The number of ketones is 1. The number of benzene rings is 1. The first-order chi connectivity index (χ1) is 8.79. The van der Waals surface area contributed by atoms with Crippen LogP contribution in [-0.4, -0.2) is 10.4 Å². The van der Waals surface area contributed by atoms with Crippen LogP contribution in [0.25, 0.3) is 5.69 Å². The van der Waals surface area contributed by atoms with E-state index < -0.39 is 0 Å². The fraction of sp³-hybridized carbons (Fsp3) is 0.312. The van der Waals surface area contributed by atoms with Crippen LogP contribution in [-0.2, 0) is 12.8 Å². The summed E-state index contributed by atoms with van der Waals surface area (Å²) in [5.74, 6) is 0.293. The van der Waals surface area contributed by atoms with Gasteiger partial charge < -0.3 is 4.57 Å². The summed E-state index contributed by atoms with van der Waals surface area (Å²) in [4.78, 5) is 11.8. The van der Waals surface area contributed by atoms with Gasteiger partial charge in [0.1, 0.15) is 0 Å². The smallest absolute Gasteiger partial charge is 0.164 e. The van der Waals surface area contributed by atoms with E-state index in [1.807, 2.05) is 12.3 Å². The zero-order valence-electron chi connectivity index (χ0n) is 10.6. The van der Waals surface area contributed by atoms with Crippen molar-refractivity contribution < 1.29 is 4.79 Å². The van der Waals surface area contributed by atoms with Crippen LogP contribution in [0.5, 0.6) is 0 Å². The van der Waals surface area contributed by atoms with Gasteiger partial charge in [0.05, 0.1) is 0 Å². The number of aromatic nitrogens is 1. The monoisotopic (exact) mass is 239 g/mol. The van der Waals surface area contributed by atoms with Crippen LogP contribution in [0, 0.1) is 0 Å². The van der Waals surface area contributed by atoms with Crippen molar-refractivity contribution in [1.29, 1.82) is 0 Å². The molecule has 0 unspecified atom stereocenters. The summed E-state index contributed by atoms with van der Waals surface area (Å²) in [6, 6.07) is 10.5. The van der Waals surface area contributed by atoms with Crippen LogP contribution in [0.15, 0.2) is 36.5 Å². The van der Waals surface area contributed by atoms with E-state index in [-0.39, 0.29) is 0 Å². The van der Waals surface area contributed by atoms with E-state index in [1.165, 1.54) is 16.9 Å². The molecule has 0 radical (unpaired) electrons. The number of hydrogen-bond donors (Lipinski definition) is 0. The topological polar surface area (TPSA) is 22.0 Å². The minimum absolute atomic E-state index is 0.293. The molecule has 0 fully saturated rings. The van der Waals surface area contributed by atoms with Crippen LogP contribution < -0.4 is 0 Å². The highest BCUT2D eigenvalue weighted by molar-refractivity contribution is 5.98. The van der Waals surface area contributed by atoms with Gasteiger partial charge in [-0.15, -0.1) is 0 Å². The lowest BCUT2D eigenvalue weighted by molar-refractivity contribution is 0.0972. The molecule has 18 heavy (non-hydrogen) atoms. The SMILES string of the molecule is CCc1cccc(-n2ccc3c2CCCC3=O)c1. The van der Waals surface area contributed by atoms with Crippen molar-refractivity contribution in [3.8, 4) is 5.69 Å². The molecule has 1 aliphatic carbocycles. The Morgan fingerprint density at radius 1 is 1.22 bits per heavy atom. The molecule has 0 amide bonds.